The normalized spacial score (nSPS) is 22.0. The first-order valence-electron chi connectivity index (χ1n) is 7.92. The van der Waals surface area contributed by atoms with Gasteiger partial charge in [0.15, 0.2) is 0 Å². The maximum atomic E-state index is 12.6. The van der Waals surface area contributed by atoms with E-state index >= 15 is 0 Å². The van der Waals surface area contributed by atoms with Crippen molar-refractivity contribution in [3.63, 3.8) is 0 Å². The van der Waals surface area contributed by atoms with Crippen LogP contribution < -0.4 is 5.32 Å². The van der Waals surface area contributed by atoms with Gasteiger partial charge >= 0.3 is 0 Å². The molecule has 1 N–H and O–H groups in total. The van der Waals surface area contributed by atoms with Gasteiger partial charge in [-0.05, 0) is 36.1 Å². The van der Waals surface area contributed by atoms with Crippen molar-refractivity contribution in [2.75, 3.05) is 6.26 Å². The smallest absolute Gasteiger partial charge is 0.252 e. The lowest BCUT2D eigenvalue weighted by atomic mass is 9.94. The molecule has 5 heteroatoms. The molecule has 1 aliphatic rings. The van der Waals surface area contributed by atoms with Gasteiger partial charge in [0.05, 0.1) is 5.25 Å². The molecule has 3 rings (SSSR count). The van der Waals surface area contributed by atoms with E-state index < -0.39 is 9.84 Å². The van der Waals surface area contributed by atoms with Crippen LogP contribution in [0.2, 0.25) is 0 Å². The molecular formula is C18H21NO3S. The third-order valence-corrected chi connectivity index (χ3v) is 6.24. The van der Waals surface area contributed by atoms with Gasteiger partial charge in [-0.25, -0.2) is 8.42 Å². The fourth-order valence-electron chi connectivity index (χ4n) is 3.35. The zero-order chi connectivity index (χ0) is 16.4. The first-order valence-corrected chi connectivity index (χ1v) is 9.88. The number of benzene rings is 2. The van der Waals surface area contributed by atoms with Gasteiger partial charge in [0.2, 0.25) is 0 Å². The van der Waals surface area contributed by atoms with Gasteiger partial charge < -0.3 is 5.32 Å². The van der Waals surface area contributed by atoms with E-state index in [4.69, 9.17) is 0 Å². The standard InChI is InChI=1S/C18H21NO3S/c1-23(21,22)15-9-5-8-14(12-15)19-18(20)17-11-4-7-13-6-2-3-10-16(13)17/h2-4,6-7,10-11,14-15H,5,8-9,12H2,1H3,(H,19,20)/t14-,15+/m1/s1. The third kappa shape index (κ3) is 3.55. The van der Waals surface area contributed by atoms with Gasteiger partial charge in [-0.15, -0.1) is 0 Å². The van der Waals surface area contributed by atoms with E-state index in [9.17, 15) is 13.2 Å². The number of amides is 1. The van der Waals surface area contributed by atoms with Crippen LogP contribution in [0.5, 0.6) is 0 Å². The minimum absolute atomic E-state index is 0.0741. The summed E-state index contributed by atoms with van der Waals surface area (Å²) in [6.07, 6.45) is 4.15. The molecule has 4 nitrogen and oxygen atoms in total. The van der Waals surface area contributed by atoms with Gasteiger partial charge in [0.25, 0.3) is 5.91 Å². The van der Waals surface area contributed by atoms with E-state index in [1.54, 1.807) is 0 Å². The van der Waals surface area contributed by atoms with E-state index in [0.717, 1.165) is 23.6 Å². The minimum Gasteiger partial charge on any atom is -0.349 e. The van der Waals surface area contributed by atoms with Crippen molar-refractivity contribution in [1.29, 1.82) is 0 Å². The summed E-state index contributed by atoms with van der Waals surface area (Å²) in [5.74, 6) is -0.124. The highest BCUT2D eigenvalue weighted by atomic mass is 32.2. The number of carbonyl (C=O) groups is 1. The molecule has 23 heavy (non-hydrogen) atoms. The monoisotopic (exact) mass is 331 g/mol. The van der Waals surface area contributed by atoms with E-state index in [0.29, 0.717) is 18.4 Å². The molecule has 0 heterocycles. The number of rotatable bonds is 3. The SMILES string of the molecule is CS(=O)(=O)[C@H]1CCC[C@@H](NC(=O)c2cccc3ccccc23)C1. The summed E-state index contributed by atoms with van der Waals surface area (Å²) in [6, 6.07) is 13.4. The average molecular weight is 331 g/mol. The van der Waals surface area contributed by atoms with Crippen molar-refractivity contribution >= 4 is 26.5 Å². The first-order chi connectivity index (χ1) is 10.9. The maximum Gasteiger partial charge on any atom is 0.252 e. The number of sulfone groups is 1. The zero-order valence-corrected chi connectivity index (χ0v) is 14.0. The van der Waals surface area contributed by atoms with Crippen LogP contribution in [-0.4, -0.2) is 31.9 Å². The molecule has 0 saturated heterocycles. The fourth-order valence-corrected chi connectivity index (χ4v) is 4.53. The van der Waals surface area contributed by atoms with Crippen molar-refractivity contribution in [2.24, 2.45) is 0 Å². The van der Waals surface area contributed by atoms with Crippen molar-refractivity contribution in [1.82, 2.24) is 5.32 Å². The van der Waals surface area contributed by atoms with Crippen LogP contribution in [-0.2, 0) is 9.84 Å². The van der Waals surface area contributed by atoms with Gasteiger partial charge in [0.1, 0.15) is 9.84 Å². The lowest BCUT2D eigenvalue weighted by Crippen LogP contribution is -2.41. The summed E-state index contributed by atoms with van der Waals surface area (Å²) >= 11 is 0. The Morgan fingerprint density at radius 3 is 2.61 bits per heavy atom. The minimum atomic E-state index is -3.05. The van der Waals surface area contributed by atoms with E-state index in [2.05, 4.69) is 5.32 Å². The lowest BCUT2D eigenvalue weighted by Gasteiger charge is -2.28. The van der Waals surface area contributed by atoms with E-state index in [1.807, 2.05) is 42.5 Å². The molecular weight excluding hydrogens is 310 g/mol. The summed E-state index contributed by atoms with van der Waals surface area (Å²) in [7, 11) is -3.05. The zero-order valence-electron chi connectivity index (χ0n) is 13.2. The van der Waals surface area contributed by atoms with Crippen LogP contribution in [0.15, 0.2) is 42.5 Å². The van der Waals surface area contributed by atoms with Crippen LogP contribution in [0.4, 0.5) is 0 Å². The third-order valence-electron chi connectivity index (χ3n) is 4.60. The van der Waals surface area contributed by atoms with Crippen molar-refractivity contribution < 1.29 is 13.2 Å². The summed E-state index contributed by atoms with van der Waals surface area (Å²) in [4.78, 5) is 12.6. The molecule has 0 aromatic heterocycles. The summed E-state index contributed by atoms with van der Waals surface area (Å²) < 4.78 is 23.5. The highest BCUT2D eigenvalue weighted by molar-refractivity contribution is 7.91. The second-order valence-electron chi connectivity index (χ2n) is 6.32. The molecule has 0 unspecified atom stereocenters. The Morgan fingerprint density at radius 1 is 1.09 bits per heavy atom. The van der Waals surface area contributed by atoms with Gasteiger partial charge in [-0.3, -0.25) is 4.79 Å². The Balaban J connectivity index is 1.78. The predicted molar refractivity (Wildman–Crippen MR) is 92.3 cm³/mol. The van der Waals surface area contributed by atoms with Gasteiger partial charge in [-0.2, -0.15) is 0 Å². The molecule has 1 saturated carbocycles. The molecule has 0 spiro atoms. The van der Waals surface area contributed by atoms with Gasteiger partial charge in [0, 0.05) is 17.9 Å². The first kappa shape index (κ1) is 16.0. The molecule has 2 atom stereocenters. The molecule has 0 aliphatic heterocycles. The van der Waals surface area contributed by atoms with Crippen molar-refractivity contribution in [3.05, 3.63) is 48.0 Å². The lowest BCUT2D eigenvalue weighted by molar-refractivity contribution is 0.0929. The van der Waals surface area contributed by atoms with E-state index in [-0.39, 0.29) is 17.2 Å². The largest absolute Gasteiger partial charge is 0.349 e. The summed E-state index contributed by atoms with van der Waals surface area (Å²) in [5, 5.41) is 4.63. The van der Waals surface area contributed by atoms with E-state index in [1.165, 1.54) is 6.26 Å². The van der Waals surface area contributed by atoms with Crippen LogP contribution in [0.1, 0.15) is 36.0 Å². The second-order valence-corrected chi connectivity index (χ2v) is 8.64. The highest BCUT2D eigenvalue weighted by Crippen LogP contribution is 2.25. The van der Waals surface area contributed by atoms with Crippen molar-refractivity contribution in [2.45, 2.75) is 37.0 Å². The molecule has 0 radical (unpaired) electrons. The van der Waals surface area contributed by atoms with Crippen LogP contribution in [0, 0.1) is 0 Å². The molecule has 2 aromatic carbocycles. The van der Waals surface area contributed by atoms with Crippen LogP contribution in [0.25, 0.3) is 10.8 Å². The number of carbonyl (C=O) groups excluding carboxylic acids is 1. The van der Waals surface area contributed by atoms with Crippen LogP contribution >= 0.6 is 0 Å². The number of hydrogen-bond acceptors (Lipinski definition) is 3. The predicted octanol–water partition coefficient (Wildman–Crippen LogP) is 2.93. The highest BCUT2D eigenvalue weighted by Gasteiger charge is 2.29. The number of nitrogens with one attached hydrogen (secondary N) is 1. The molecule has 1 aliphatic carbocycles. The Labute approximate surface area is 136 Å². The average Bonchev–Trinajstić information content (AvgIpc) is 2.53. The summed E-state index contributed by atoms with van der Waals surface area (Å²) in [5.41, 5.74) is 0.643. The molecule has 1 fully saturated rings. The fraction of sp³-hybridized carbons (Fsp3) is 0.389. The van der Waals surface area contributed by atoms with Crippen LogP contribution in [0.3, 0.4) is 0 Å². The van der Waals surface area contributed by atoms with Crippen molar-refractivity contribution in [3.8, 4) is 0 Å². The number of fused-ring (bicyclic) bond motifs is 1. The molecule has 122 valence electrons. The topological polar surface area (TPSA) is 63.2 Å². The molecule has 1 amide bonds. The number of hydrogen-bond donors (Lipinski definition) is 1. The maximum absolute atomic E-state index is 12.6. The Kier molecular flexibility index (Phi) is 4.39. The quantitative estimate of drug-likeness (QED) is 0.940. The second kappa shape index (κ2) is 6.32. The molecule has 0 bridgehead atoms. The van der Waals surface area contributed by atoms with Gasteiger partial charge in [-0.1, -0.05) is 42.8 Å². The summed E-state index contributed by atoms with van der Waals surface area (Å²) in [6.45, 7) is 0. The Hall–Kier alpha value is -1.88. The Morgan fingerprint density at radius 2 is 1.83 bits per heavy atom. The Bertz CT molecular complexity index is 824. The molecule has 2 aromatic rings.